The molecule has 3 N–H and O–H groups in total. The first-order valence-corrected chi connectivity index (χ1v) is 6.60. The van der Waals surface area contributed by atoms with Gasteiger partial charge in [0.2, 0.25) is 0 Å². The van der Waals surface area contributed by atoms with Gasteiger partial charge in [-0.1, -0.05) is 18.2 Å². The third-order valence-corrected chi connectivity index (χ3v) is 3.47. The fourth-order valence-electron chi connectivity index (χ4n) is 2.24. The smallest absolute Gasteiger partial charge is 0.133 e. The molecule has 1 atom stereocenters. The highest BCUT2D eigenvalue weighted by atomic mass is 19.1. The quantitative estimate of drug-likeness (QED) is 0.658. The van der Waals surface area contributed by atoms with E-state index in [9.17, 15) is 8.78 Å². The SMILES string of the molecule is COc1ccc(CC(NN)c2c(F)ccc(C)c2F)cc1. The molecular formula is C16H18F2N2O. The summed E-state index contributed by atoms with van der Waals surface area (Å²) in [5.74, 6) is 5.05. The van der Waals surface area contributed by atoms with Crippen molar-refractivity contribution < 1.29 is 13.5 Å². The molecule has 21 heavy (non-hydrogen) atoms. The van der Waals surface area contributed by atoms with E-state index in [0.29, 0.717) is 12.0 Å². The van der Waals surface area contributed by atoms with E-state index in [1.165, 1.54) is 12.1 Å². The fourth-order valence-corrected chi connectivity index (χ4v) is 2.24. The molecule has 112 valence electrons. The van der Waals surface area contributed by atoms with Gasteiger partial charge in [-0.2, -0.15) is 0 Å². The monoisotopic (exact) mass is 292 g/mol. The Morgan fingerprint density at radius 2 is 1.81 bits per heavy atom. The van der Waals surface area contributed by atoms with E-state index in [2.05, 4.69) is 5.43 Å². The molecular weight excluding hydrogens is 274 g/mol. The number of hydrazine groups is 1. The standard InChI is InChI=1S/C16H18F2N2O/c1-10-3-8-13(17)15(16(10)18)14(20-19)9-11-4-6-12(21-2)7-5-11/h3-8,14,20H,9,19H2,1-2H3. The first kappa shape index (κ1) is 15.4. The van der Waals surface area contributed by atoms with E-state index in [0.717, 1.165) is 11.3 Å². The second-order valence-corrected chi connectivity index (χ2v) is 4.86. The summed E-state index contributed by atoms with van der Waals surface area (Å²) in [6.07, 6.45) is 0.373. The molecule has 0 aliphatic rings. The summed E-state index contributed by atoms with van der Waals surface area (Å²) in [6.45, 7) is 1.60. The zero-order chi connectivity index (χ0) is 15.4. The van der Waals surface area contributed by atoms with Crippen molar-refractivity contribution in [1.29, 1.82) is 0 Å². The number of hydrogen-bond donors (Lipinski definition) is 2. The number of methoxy groups -OCH3 is 1. The Morgan fingerprint density at radius 1 is 1.14 bits per heavy atom. The van der Waals surface area contributed by atoms with Crippen molar-refractivity contribution in [2.45, 2.75) is 19.4 Å². The van der Waals surface area contributed by atoms with E-state index in [-0.39, 0.29) is 5.56 Å². The van der Waals surface area contributed by atoms with Crippen LogP contribution in [0.25, 0.3) is 0 Å². The Kier molecular flexibility index (Phi) is 4.88. The molecule has 0 bridgehead atoms. The van der Waals surface area contributed by atoms with Gasteiger partial charge in [0.05, 0.1) is 13.2 Å². The number of rotatable bonds is 5. The van der Waals surface area contributed by atoms with Crippen molar-refractivity contribution in [2.24, 2.45) is 5.84 Å². The van der Waals surface area contributed by atoms with Gasteiger partial charge in [0.25, 0.3) is 0 Å². The van der Waals surface area contributed by atoms with Crippen molar-refractivity contribution in [1.82, 2.24) is 5.43 Å². The summed E-state index contributed by atoms with van der Waals surface area (Å²) >= 11 is 0. The van der Waals surface area contributed by atoms with Gasteiger partial charge in [0, 0.05) is 5.56 Å². The first-order chi connectivity index (χ1) is 10.1. The first-order valence-electron chi connectivity index (χ1n) is 6.60. The molecule has 5 heteroatoms. The van der Waals surface area contributed by atoms with Crippen molar-refractivity contribution in [3.05, 3.63) is 64.7 Å². The topological polar surface area (TPSA) is 47.3 Å². The maximum absolute atomic E-state index is 14.2. The molecule has 0 saturated carbocycles. The van der Waals surface area contributed by atoms with Crippen LogP contribution in [0.15, 0.2) is 36.4 Å². The minimum absolute atomic E-state index is 0.0340. The lowest BCUT2D eigenvalue weighted by molar-refractivity contribution is 0.414. The third kappa shape index (κ3) is 3.37. The van der Waals surface area contributed by atoms with Gasteiger partial charge in [-0.25, -0.2) is 8.78 Å². The lowest BCUT2D eigenvalue weighted by atomic mass is 9.97. The molecule has 3 nitrogen and oxygen atoms in total. The molecule has 1 unspecified atom stereocenters. The van der Waals surface area contributed by atoms with Crippen molar-refractivity contribution in [3.63, 3.8) is 0 Å². The second kappa shape index (κ2) is 6.65. The summed E-state index contributed by atoms with van der Waals surface area (Å²) in [5, 5.41) is 0. The Labute approximate surface area is 122 Å². The minimum atomic E-state index is -0.640. The van der Waals surface area contributed by atoms with Crippen LogP contribution in [-0.4, -0.2) is 7.11 Å². The average molecular weight is 292 g/mol. The van der Waals surface area contributed by atoms with Crippen LogP contribution in [0.1, 0.15) is 22.7 Å². The number of benzene rings is 2. The molecule has 2 rings (SSSR count). The van der Waals surface area contributed by atoms with Gasteiger partial charge < -0.3 is 4.74 Å². The van der Waals surface area contributed by atoms with Crippen molar-refractivity contribution in [2.75, 3.05) is 7.11 Å². The average Bonchev–Trinajstić information content (AvgIpc) is 2.51. The van der Waals surface area contributed by atoms with E-state index < -0.39 is 17.7 Å². The maximum atomic E-state index is 14.2. The molecule has 0 aliphatic heterocycles. The molecule has 2 aromatic rings. The van der Waals surface area contributed by atoms with Gasteiger partial charge in [0.1, 0.15) is 17.4 Å². The number of hydrogen-bond acceptors (Lipinski definition) is 3. The molecule has 0 spiro atoms. The largest absolute Gasteiger partial charge is 0.497 e. The van der Waals surface area contributed by atoms with Crippen LogP contribution in [0.2, 0.25) is 0 Å². The molecule has 0 aliphatic carbocycles. The fraction of sp³-hybridized carbons (Fsp3) is 0.250. The molecule has 0 amide bonds. The van der Waals surface area contributed by atoms with Gasteiger partial charge in [0.15, 0.2) is 0 Å². The van der Waals surface area contributed by atoms with E-state index >= 15 is 0 Å². The number of nitrogens with one attached hydrogen (secondary N) is 1. The molecule has 0 radical (unpaired) electrons. The van der Waals surface area contributed by atoms with E-state index in [1.807, 2.05) is 12.1 Å². The van der Waals surface area contributed by atoms with Crippen LogP contribution in [-0.2, 0) is 6.42 Å². The molecule has 0 fully saturated rings. The zero-order valence-corrected chi connectivity index (χ0v) is 12.0. The minimum Gasteiger partial charge on any atom is -0.497 e. The van der Waals surface area contributed by atoms with Gasteiger partial charge in [-0.3, -0.25) is 11.3 Å². The molecule has 2 aromatic carbocycles. The number of nitrogens with two attached hydrogens (primary N) is 1. The molecule has 0 aromatic heterocycles. The van der Waals surface area contributed by atoms with Crippen LogP contribution in [0.5, 0.6) is 5.75 Å². The van der Waals surface area contributed by atoms with E-state index in [1.54, 1.807) is 26.2 Å². The van der Waals surface area contributed by atoms with Gasteiger partial charge >= 0.3 is 0 Å². The summed E-state index contributed by atoms with van der Waals surface area (Å²) in [4.78, 5) is 0. The van der Waals surface area contributed by atoms with Crippen LogP contribution in [0.3, 0.4) is 0 Å². The maximum Gasteiger partial charge on any atom is 0.133 e. The second-order valence-electron chi connectivity index (χ2n) is 4.86. The summed E-state index contributed by atoms with van der Waals surface area (Å²) in [5.41, 5.74) is 3.75. The van der Waals surface area contributed by atoms with Crippen LogP contribution in [0.4, 0.5) is 8.78 Å². The third-order valence-electron chi connectivity index (χ3n) is 3.47. The molecule has 0 heterocycles. The van der Waals surface area contributed by atoms with Crippen molar-refractivity contribution in [3.8, 4) is 5.75 Å². The number of aryl methyl sites for hydroxylation is 1. The molecule has 0 saturated heterocycles. The Morgan fingerprint density at radius 3 is 2.38 bits per heavy atom. The Balaban J connectivity index is 2.29. The Bertz CT molecular complexity index is 614. The Hall–Kier alpha value is -1.98. The van der Waals surface area contributed by atoms with Gasteiger partial charge in [-0.15, -0.1) is 0 Å². The van der Waals surface area contributed by atoms with Crippen LogP contribution in [0, 0.1) is 18.6 Å². The summed E-state index contributed by atoms with van der Waals surface area (Å²) in [6, 6.07) is 9.31. The number of ether oxygens (including phenoxy) is 1. The lowest BCUT2D eigenvalue weighted by Gasteiger charge is -2.19. The number of halogens is 2. The summed E-state index contributed by atoms with van der Waals surface area (Å²) < 4.78 is 33.2. The summed E-state index contributed by atoms with van der Waals surface area (Å²) in [7, 11) is 1.58. The van der Waals surface area contributed by atoms with Crippen molar-refractivity contribution >= 4 is 0 Å². The normalized spacial score (nSPS) is 12.2. The highest BCUT2D eigenvalue weighted by Gasteiger charge is 2.21. The zero-order valence-electron chi connectivity index (χ0n) is 12.0. The van der Waals surface area contributed by atoms with Gasteiger partial charge in [-0.05, 0) is 42.7 Å². The highest BCUT2D eigenvalue weighted by molar-refractivity contribution is 5.32. The van der Waals surface area contributed by atoms with E-state index in [4.69, 9.17) is 10.6 Å². The van der Waals surface area contributed by atoms with Crippen LogP contribution < -0.4 is 16.0 Å². The predicted octanol–water partition coefficient (Wildman–Crippen LogP) is 3.03. The van der Waals surface area contributed by atoms with Crippen LogP contribution >= 0.6 is 0 Å². The lowest BCUT2D eigenvalue weighted by Crippen LogP contribution is -2.31. The predicted molar refractivity (Wildman–Crippen MR) is 77.9 cm³/mol. The highest BCUT2D eigenvalue weighted by Crippen LogP contribution is 2.26.